The van der Waals surface area contributed by atoms with Crippen molar-refractivity contribution in [2.75, 3.05) is 6.61 Å². The highest BCUT2D eigenvalue weighted by atomic mass is 16.5. The number of hydrazine groups is 2. The second-order valence-electron chi connectivity index (χ2n) is 6.26. The maximum Gasteiger partial charge on any atom is 0.130 e. The molecule has 2 atom stereocenters. The molecule has 0 bridgehead atoms. The van der Waals surface area contributed by atoms with Crippen LogP contribution in [0.3, 0.4) is 0 Å². The van der Waals surface area contributed by atoms with E-state index in [1.807, 2.05) is 12.1 Å². The molecule has 1 saturated heterocycles. The normalized spacial score (nSPS) is 26.0. The van der Waals surface area contributed by atoms with Crippen LogP contribution in [0.2, 0.25) is 0 Å². The molecule has 3 N–H and O–H groups in total. The van der Waals surface area contributed by atoms with Gasteiger partial charge in [0.05, 0.1) is 18.7 Å². The molecule has 0 aromatic heterocycles. The Bertz CT molecular complexity index is 522. The zero-order valence-corrected chi connectivity index (χ0v) is 12.8. The molecule has 1 saturated carbocycles. The third-order valence-corrected chi connectivity index (χ3v) is 4.58. The standard InChI is InChI=1S/C17H24N4O/c18-10-16-17(20-21-19-16)15-8-4-7-14(9-15)12-22-11-13-5-2-1-3-6-13/h4,7-9,13,16-17,19-21H,1-3,5-6,11-12H2. The van der Waals surface area contributed by atoms with Gasteiger partial charge in [0.2, 0.25) is 0 Å². The minimum absolute atomic E-state index is 0.0386. The van der Waals surface area contributed by atoms with E-state index in [0.717, 1.165) is 18.1 Å². The minimum atomic E-state index is -0.265. The zero-order valence-electron chi connectivity index (χ0n) is 12.8. The predicted octanol–water partition coefficient (Wildman–Crippen LogP) is 2.33. The molecule has 1 aromatic rings. The molecular weight excluding hydrogens is 276 g/mol. The smallest absolute Gasteiger partial charge is 0.130 e. The van der Waals surface area contributed by atoms with Crippen molar-refractivity contribution in [1.82, 2.24) is 16.4 Å². The van der Waals surface area contributed by atoms with Gasteiger partial charge in [0, 0.05) is 6.61 Å². The Balaban J connectivity index is 1.54. The Hall–Kier alpha value is -1.45. The molecule has 1 aliphatic heterocycles. The number of nitrogens with one attached hydrogen (secondary N) is 3. The highest BCUT2D eigenvalue weighted by Crippen LogP contribution is 2.24. The maximum absolute atomic E-state index is 9.14. The van der Waals surface area contributed by atoms with Gasteiger partial charge in [0.15, 0.2) is 0 Å². The van der Waals surface area contributed by atoms with Gasteiger partial charge in [-0.3, -0.25) is 0 Å². The summed E-state index contributed by atoms with van der Waals surface area (Å²) in [5, 5.41) is 9.14. The van der Waals surface area contributed by atoms with Crippen molar-refractivity contribution in [2.24, 2.45) is 5.92 Å². The van der Waals surface area contributed by atoms with Crippen LogP contribution in [0.25, 0.3) is 0 Å². The van der Waals surface area contributed by atoms with Crippen molar-refractivity contribution >= 4 is 0 Å². The summed E-state index contributed by atoms with van der Waals surface area (Å²) >= 11 is 0. The van der Waals surface area contributed by atoms with Gasteiger partial charge in [0.25, 0.3) is 0 Å². The van der Waals surface area contributed by atoms with E-state index >= 15 is 0 Å². The minimum Gasteiger partial charge on any atom is -0.376 e. The Morgan fingerprint density at radius 3 is 2.86 bits per heavy atom. The van der Waals surface area contributed by atoms with E-state index < -0.39 is 0 Å². The van der Waals surface area contributed by atoms with Gasteiger partial charge >= 0.3 is 0 Å². The van der Waals surface area contributed by atoms with Crippen LogP contribution in [0.5, 0.6) is 0 Å². The zero-order chi connectivity index (χ0) is 15.2. The number of rotatable bonds is 5. The average Bonchev–Trinajstić information content (AvgIpc) is 3.05. The first-order valence-electron chi connectivity index (χ1n) is 8.19. The van der Waals surface area contributed by atoms with Gasteiger partial charge in [-0.1, -0.05) is 43.5 Å². The summed E-state index contributed by atoms with van der Waals surface area (Å²) in [4.78, 5) is 0. The number of hydrogen-bond acceptors (Lipinski definition) is 5. The van der Waals surface area contributed by atoms with E-state index in [1.165, 1.54) is 37.7 Å². The van der Waals surface area contributed by atoms with Crippen molar-refractivity contribution in [1.29, 1.82) is 5.26 Å². The third-order valence-electron chi connectivity index (χ3n) is 4.58. The van der Waals surface area contributed by atoms with E-state index in [-0.39, 0.29) is 12.1 Å². The lowest BCUT2D eigenvalue weighted by atomic mass is 9.90. The number of ether oxygens (including phenoxy) is 1. The molecule has 2 unspecified atom stereocenters. The largest absolute Gasteiger partial charge is 0.376 e. The summed E-state index contributed by atoms with van der Waals surface area (Å²) in [6, 6.07) is 10.2. The van der Waals surface area contributed by atoms with Crippen molar-refractivity contribution in [3.8, 4) is 6.07 Å². The second kappa shape index (κ2) is 7.70. The number of nitriles is 1. The molecule has 0 radical (unpaired) electrons. The van der Waals surface area contributed by atoms with Crippen LogP contribution < -0.4 is 16.4 Å². The van der Waals surface area contributed by atoms with Crippen molar-refractivity contribution < 1.29 is 4.74 Å². The van der Waals surface area contributed by atoms with Crippen molar-refractivity contribution in [3.63, 3.8) is 0 Å². The summed E-state index contributed by atoms with van der Waals surface area (Å²) in [6.07, 6.45) is 6.72. The molecule has 0 spiro atoms. The molecule has 2 fully saturated rings. The highest BCUT2D eigenvalue weighted by molar-refractivity contribution is 5.28. The Kier molecular flexibility index (Phi) is 5.41. The first-order valence-corrected chi connectivity index (χ1v) is 8.19. The fraction of sp³-hybridized carbons (Fsp3) is 0.588. The quantitative estimate of drug-likeness (QED) is 0.778. The van der Waals surface area contributed by atoms with E-state index in [2.05, 4.69) is 34.6 Å². The fourth-order valence-corrected chi connectivity index (χ4v) is 3.32. The molecule has 0 amide bonds. The lowest BCUT2D eigenvalue weighted by Gasteiger charge is -2.21. The van der Waals surface area contributed by atoms with Gasteiger partial charge in [0.1, 0.15) is 6.04 Å². The lowest BCUT2D eigenvalue weighted by molar-refractivity contribution is 0.0739. The molecule has 3 rings (SSSR count). The molecule has 1 aromatic carbocycles. The van der Waals surface area contributed by atoms with Crippen molar-refractivity contribution in [2.45, 2.75) is 50.8 Å². The fourth-order valence-electron chi connectivity index (χ4n) is 3.32. The van der Waals surface area contributed by atoms with Crippen LogP contribution in [0.15, 0.2) is 24.3 Å². The molecule has 5 heteroatoms. The van der Waals surface area contributed by atoms with Crippen LogP contribution in [0, 0.1) is 17.2 Å². The van der Waals surface area contributed by atoms with Crippen molar-refractivity contribution in [3.05, 3.63) is 35.4 Å². The van der Waals surface area contributed by atoms with Crippen LogP contribution >= 0.6 is 0 Å². The second-order valence-corrected chi connectivity index (χ2v) is 6.26. The average molecular weight is 300 g/mol. The highest BCUT2D eigenvalue weighted by Gasteiger charge is 2.27. The molecular formula is C17H24N4O. The Morgan fingerprint density at radius 1 is 1.18 bits per heavy atom. The van der Waals surface area contributed by atoms with Crippen LogP contribution in [0.4, 0.5) is 0 Å². The van der Waals surface area contributed by atoms with Crippen LogP contribution in [-0.4, -0.2) is 12.6 Å². The summed E-state index contributed by atoms with van der Waals surface area (Å²) < 4.78 is 5.91. The van der Waals surface area contributed by atoms with Gasteiger partial charge in [-0.05, 0) is 29.9 Å². The molecule has 1 aliphatic carbocycles. The van der Waals surface area contributed by atoms with Gasteiger partial charge < -0.3 is 4.74 Å². The van der Waals surface area contributed by atoms with E-state index in [4.69, 9.17) is 10.00 Å². The molecule has 118 valence electrons. The Labute approximate surface area is 132 Å². The summed E-state index contributed by atoms with van der Waals surface area (Å²) in [7, 11) is 0. The van der Waals surface area contributed by atoms with E-state index in [9.17, 15) is 0 Å². The van der Waals surface area contributed by atoms with Gasteiger partial charge in [-0.25, -0.2) is 10.9 Å². The summed E-state index contributed by atoms with van der Waals surface area (Å²) in [6.45, 7) is 1.52. The monoisotopic (exact) mass is 300 g/mol. The lowest BCUT2D eigenvalue weighted by Crippen LogP contribution is -2.32. The number of benzene rings is 1. The molecule has 5 nitrogen and oxygen atoms in total. The first-order chi connectivity index (χ1) is 10.9. The Morgan fingerprint density at radius 2 is 2.05 bits per heavy atom. The first kappa shape index (κ1) is 15.4. The number of nitrogens with zero attached hydrogens (tertiary/aromatic N) is 1. The molecule has 22 heavy (non-hydrogen) atoms. The third kappa shape index (κ3) is 3.84. The predicted molar refractivity (Wildman–Crippen MR) is 84.2 cm³/mol. The number of hydrogen-bond donors (Lipinski definition) is 3. The SMILES string of the molecule is N#CC1NNNC1c1cccc(COCC2CCCCC2)c1. The molecule has 2 aliphatic rings. The van der Waals surface area contributed by atoms with Crippen LogP contribution in [0.1, 0.15) is 49.3 Å². The molecule has 1 heterocycles. The maximum atomic E-state index is 9.14. The van der Waals surface area contributed by atoms with Gasteiger partial charge in [-0.15, -0.1) is 0 Å². The summed E-state index contributed by atoms with van der Waals surface area (Å²) in [5.74, 6) is 0.741. The summed E-state index contributed by atoms with van der Waals surface area (Å²) in [5.41, 5.74) is 11.1. The van der Waals surface area contributed by atoms with Crippen LogP contribution in [-0.2, 0) is 11.3 Å². The van der Waals surface area contributed by atoms with Gasteiger partial charge in [-0.2, -0.15) is 10.8 Å². The topological polar surface area (TPSA) is 69.1 Å². The van der Waals surface area contributed by atoms with E-state index in [0.29, 0.717) is 6.61 Å². The van der Waals surface area contributed by atoms with E-state index in [1.54, 1.807) is 0 Å².